The van der Waals surface area contributed by atoms with E-state index in [1.807, 2.05) is 0 Å². The van der Waals surface area contributed by atoms with Crippen LogP contribution in [0.5, 0.6) is 0 Å². The lowest BCUT2D eigenvalue weighted by Gasteiger charge is -1.91. The molecule has 0 bridgehead atoms. The molecule has 0 saturated carbocycles. The van der Waals surface area contributed by atoms with Gasteiger partial charge in [-0.15, -0.1) is 0 Å². The zero-order chi connectivity index (χ0) is 8.88. The Bertz CT molecular complexity index is 558. The van der Waals surface area contributed by atoms with Gasteiger partial charge < -0.3 is 8.83 Å². The molecule has 60 valence electrons. The zero-order valence-electron chi connectivity index (χ0n) is 5.45. The third kappa shape index (κ3) is 0.584. The van der Waals surface area contributed by atoms with E-state index in [-0.39, 0.29) is 0 Å². The summed E-state index contributed by atoms with van der Waals surface area (Å²) in [6.45, 7) is 0. The minimum Gasteiger partial charge on any atom is -0.410 e. The second-order valence-corrected chi connectivity index (χ2v) is 2.10. The second-order valence-electron chi connectivity index (χ2n) is 2.10. The largest absolute Gasteiger partial charge is 0.423 e. The number of hydrogen-bond acceptors (Lipinski definition) is 6. The first kappa shape index (κ1) is 6.71. The molecule has 0 fully saturated rings. The highest BCUT2D eigenvalue weighted by Gasteiger charge is 2.19. The van der Waals surface area contributed by atoms with Crippen molar-refractivity contribution in [3.05, 3.63) is 41.3 Å². The fourth-order valence-electron chi connectivity index (χ4n) is 0.804. The van der Waals surface area contributed by atoms with Crippen LogP contribution < -0.4 is 22.1 Å². The van der Waals surface area contributed by atoms with Crippen LogP contribution in [-0.2, 0) is 0 Å². The van der Waals surface area contributed by atoms with Crippen LogP contribution in [0.3, 0.4) is 0 Å². The molecule has 6 nitrogen and oxygen atoms in total. The Morgan fingerprint density at radius 1 is 0.667 bits per heavy atom. The predicted molar refractivity (Wildman–Crippen MR) is 35.9 cm³/mol. The summed E-state index contributed by atoms with van der Waals surface area (Å²) in [4.78, 5) is 42.0. The summed E-state index contributed by atoms with van der Waals surface area (Å²) < 4.78 is 8.35. The molecular formula is C6O6. The Morgan fingerprint density at radius 3 is 1.33 bits per heavy atom. The molecule has 0 aliphatic heterocycles. The first-order chi connectivity index (χ1) is 5.61. The zero-order valence-corrected chi connectivity index (χ0v) is 5.45. The summed E-state index contributed by atoms with van der Waals surface area (Å²) >= 11 is 0. The SMILES string of the molecule is O=c1oc2c(=O)c(=O)c2oc1=O. The number of fused-ring (bicyclic) bond motifs is 1. The molecule has 0 aliphatic carbocycles. The van der Waals surface area contributed by atoms with Gasteiger partial charge in [-0.05, 0) is 0 Å². The van der Waals surface area contributed by atoms with Gasteiger partial charge >= 0.3 is 11.3 Å². The van der Waals surface area contributed by atoms with E-state index in [0.717, 1.165) is 0 Å². The number of hydrogen-bond donors (Lipinski definition) is 0. The Labute approximate surface area is 62.3 Å². The van der Waals surface area contributed by atoms with E-state index < -0.39 is 33.3 Å². The standard InChI is InChI=1S/C6O6/c7-1-2(8)4-3(1)11-5(9)6(10)12-4. The first-order valence-electron chi connectivity index (χ1n) is 2.88. The highest BCUT2D eigenvalue weighted by molar-refractivity contribution is 5.74. The van der Waals surface area contributed by atoms with Crippen LogP contribution in [0.25, 0.3) is 11.2 Å². The molecule has 0 spiro atoms. The van der Waals surface area contributed by atoms with Gasteiger partial charge in [-0.1, -0.05) is 0 Å². The van der Waals surface area contributed by atoms with Gasteiger partial charge in [-0.25, -0.2) is 9.59 Å². The normalized spacial score (nSPS) is 11.0. The van der Waals surface area contributed by atoms with E-state index in [1.54, 1.807) is 0 Å². The van der Waals surface area contributed by atoms with Crippen molar-refractivity contribution in [1.29, 1.82) is 0 Å². The summed E-state index contributed by atoms with van der Waals surface area (Å²) in [5.74, 6) is 0. The molecule has 1 aromatic heterocycles. The summed E-state index contributed by atoms with van der Waals surface area (Å²) in [5.41, 5.74) is -5.38. The monoisotopic (exact) mass is 168 g/mol. The van der Waals surface area contributed by atoms with Crippen LogP contribution in [0, 0.1) is 0 Å². The van der Waals surface area contributed by atoms with E-state index in [0.29, 0.717) is 0 Å². The summed E-state index contributed by atoms with van der Waals surface area (Å²) in [6, 6.07) is 0. The summed E-state index contributed by atoms with van der Waals surface area (Å²) in [6.07, 6.45) is 0. The minimum absolute atomic E-state index is 0.468. The van der Waals surface area contributed by atoms with Gasteiger partial charge in [0.25, 0.3) is 10.9 Å². The molecule has 0 aliphatic rings. The van der Waals surface area contributed by atoms with Crippen LogP contribution in [0.4, 0.5) is 0 Å². The lowest BCUT2D eigenvalue weighted by molar-refractivity contribution is 0.440. The van der Waals surface area contributed by atoms with E-state index in [9.17, 15) is 19.2 Å². The Hall–Kier alpha value is -1.98. The van der Waals surface area contributed by atoms with Crippen molar-refractivity contribution in [1.82, 2.24) is 0 Å². The molecule has 0 unspecified atom stereocenters. The molecule has 12 heavy (non-hydrogen) atoms. The van der Waals surface area contributed by atoms with Crippen molar-refractivity contribution in [2.24, 2.45) is 0 Å². The third-order valence-corrected chi connectivity index (χ3v) is 1.38. The summed E-state index contributed by atoms with van der Waals surface area (Å²) in [5, 5.41) is 0. The summed E-state index contributed by atoms with van der Waals surface area (Å²) in [7, 11) is 0. The maximum atomic E-state index is 10.6. The molecule has 0 radical (unpaired) electrons. The van der Waals surface area contributed by atoms with Crippen molar-refractivity contribution in [3.63, 3.8) is 0 Å². The second kappa shape index (κ2) is 1.79. The van der Waals surface area contributed by atoms with Crippen molar-refractivity contribution in [2.75, 3.05) is 0 Å². The van der Waals surface area contributed by atoms with Gasteiger partial charge in [-0.3, -0.25) is 9.59 Å². The Balaban J connectivity index is 3.18. The van der Waals surface area contributed by atoms with Gasteiger partial charge in [0.15, 0.2) is 0 Å². The molecule has 2 rings (SSSR count). The first-order valence-corrected chi connectivity index (χ1v) is 2.88. The Morgan fingerprint density at radius 2 is 1.00 bits per heavy atom. The minimum atomic E-state index is -1.28. The van der Waals surface area contributed by atoms with Crippen molar-refractivity contribution in [3.8, 4) is 0 Å². The lowest BCUT2D eigenvalue weighted by Crippen LogP contribution is -2.35. The average Bonchev–Trinajstić information content (AvgIpc) is 2.08. The maximum absolute atomic E-state index is 10.6. The fourth-order valence-corrected chi connectivity index (χ4v) is 0.804. The topological polar surface area (TPSA) is 94.6 Å². The number of rotatable bonds is 0. The van der Waals surface area contributed by atoms with Crippen molar-refractivity contribution < 1.29 is 8.83 Å². The van der Waals surface area contributed by atoms with Gasteiger partial charge in [0.1, 0.15) is 0 Å². The molecular weight excluding hydrogens is 168 g/mol. The van der Waals surface area contributed by atoms with Gasteiger partial charge in [0, 0.05) is 0 Å². The van der Waals surface area contributed by atoms with Crippen LogP contribution in [0.1, 0.15) is 0 Å². The van der Waals surface area contributed by atoms with Crippen LogP contribution in [0.2, 0.25) is 0 Å². The smallest absolute Gasteiger partial charge is 0.410 e. The van der Waals surface area contributed by atoms with E-state index >= 15 is 0 Å². The molecule has 6 heteroatoms. The molecule has 0 saturated heterocycles. The van der Waals surface area contributed by atoms with Crippen LogP contribution >= 0.6 is 0 Å². The molecule has 1 heterocycles. The van der Waals surface area contributed by atoms with Gasteiger partial charge in [-0.2, -0.15) is 0 Å². The van der Waals surface area contributed by atoms with Gasteiger partial charge in [0.05, 0.1) is 0 Å². The van der Waals surface area contributed by atoms with E-state index in [4.69, 9.17) is 0 Å². The predicted octanol–water partition coefficient (Wildman–Crippen LogP) is -1.66. The van der Waals surface area contributed by atoms with Crippen molar-refractivity contribution in [2.45, 2.75) is 0 Å². The highest BCUT2D eigenvalue weighted by atomic mass is 16.5. The van der Waals surface area contributed by atoms with Crippen LogP contribution in [-0.4, -0.2) is 0 Å². The quantitative estimate of drug-likeness (QED) is 0.437. The molecule has 1 aromatic carbocycles. The van der Waals surface area contributed by atoms with E-state index in [2.05, 4.69) is 8.83 Å². The van der Waals surface area contributed by atoms with Gasteiger partial charge in [0.2, 0.25) is 11.2 Å². The third-order valence-electron chi connectivity index (χ3n) is 1.38. The maximum Gasteiger partial charge on any atom is 0.423 e. The fraction of sp³-hybridized carbons (Fsp3) is 0. The van der Waals surface area contributed by atoms with E-state index in [1.165, 1.54) is 0 Å². The highest BCUT2D eigenvalue weighted by Crippen LogP contribution is 1.98. The average molecular weight is 168 g/mol. The van der Waals surface area contributed by atoms with Crippen LogP contribution in [0.15, 0.2) is 28.0 Å². The molecule has 0 atom stereocenters. The van der Waals surface area contributed by atoms with Crippen molar-refractivity contribution >= 4 is 11.2 Å². The molecule has 0 amide bonds. The molecule has 0 N–H and O–H groups in total. The Kier molecular flexibility index (Phi) is 0.999. The lowest BCUT2D eigenvalue weighted by atomic mass is 10.3. The molecule has 2 aromatic rings.